The molecule has 0 fully saturated rings. The first kappa shape index (κ1) is 11.7. The van der Waals surface area contributed by atoms with Crippen LogP contribution in [0.4, 0.5) is 0 Å². The number of pyridine rings is 2. The first-order valence-electron chi connectivity index (χ1n) is 5.60. The molecule has 0 aliphatic rings. The van der Waals surface area contributed by atoms with Crippen molar-refractivity contribution in [1.29, 1.82) is 0 Å². The molecule has 0 aliphatic carbocycles. The average molecular weight is 228 g/mol. The van der Waals surface area contributed by atoms with Gasteiger partial charge in [0.05, 0.1) is 5.69 Å². The quantitative estimate of drug-likeness (QED) is 0.859. The minimum Gasteiger partial charge on any atom is -0.382 e. The molecule has 2 rings (SSSR count). The molecular weight excluding hydrogens is 212 g/mol. The molecule has 88 valence electrons. The molecule has 2 heterocycles. The molecule has 1 unspecified atom stereocenters. The number of rotatable bonds is 2. The van der Waals surface area contributed by atoms with Crippen LogP contribution in [0.15, 0.2) is 30.7 Å². The highest BCUT2D eigenvalue weighted by Crippen LogP contribution is 2.23. The predicted octanol–water partition coefficient (Wildman–Crippen LogP) is 2.48. The van der Waals surface area contributed by atoms with E-state index in [0.717, 1.165) is 22.3 Å². The van der Waals surface area contributed by atoms with Crippen LogP contribution in [0, 0.1) is 20.8 Å². The maximum absolute atomic E-state index is 10.3. The molecule has 1 N–H and O–H groups in total. The van der Waals surface area contributed by atoms with Gasteiger partial charge in [-0.2, -0.15) is 0 Å². The Morgan fingerprint density at radius 3 is 2.35 bits per heavy atom. The van der Waals surface area contributed by atoms with Crippen molar-refractivity contribution in [3.63, 3.8) is 0 Å². The molecule has 17 heavy (non-hydrogen) atoms. The second kappa shape index (κ2) is 4.63. The molecule has 0 aliphatic heterocycles. The lowest BCUT2D eigenvalue weighted by molar-refractivity contribution is 0.214. The van der Waals surface area contributed by atoms with Gasteiger partial charge in [-0.25, -0.2) is 0 Å². The summed E-state index contributed by atoms with van der Waals surface area (Å²) < 4.78 is 0. The molecule has 0 saturated carbocycles. The van der Waals surface area contributed by atoms with Gasteiger partial charge < -0.3 is 5.11 Å². The highest BCUT2D eigenvalue weighted by molar-refractivity contribution is 5.32. The Morgan fingerprint density at radius 1 is 1.00 bits per heavy atom. The molecule has 0 radical (unpaired) electrons. The van der Waals surface area contributed by atoms with E-state index in [1.165, 1.54) is 0 Å². The fraction of sp³-hybridized carbons (Fsp3) is 0.286. The monoisotopic (exact) mass is 228 g/mol. The molecule has 0 saturated heterocycles. The minimum absolute atomic E-state index is 0.697. The number of aliphatic hydroxyl groups excluding tert-OH is 1. The summed E-state index contributed by atoms with van der Waals surface area (Å²) in [7, 11) is 0. The van der Waals surface area contributed by atoms with Crippen molar-refractivity contribution in [3.8, 4) is 0 Å². The summed E-state index contributed by atoms with van der Waals surface area (Å²) in [4.78, 5) is 8.40. The number of nitrogens with zero attached hydrogens (tertiary/aromatic N) is 2. The highest BCUT2D eigenvalue weighted by atomic mass is 16.3. The van der Waals surface area contributed by atoms with Gasteiger partial charge in [-0.1, -0.05) is 12.1 Å². The van der Waals surface area contributed by atoms with E-state index in [-0.39, 0.29) is 0 Å². The third-order valence-corrected chi connectivity index (χ3v) is 2.73. The smallest absolute Gasteiger partial charge is 0.123 e. The molecule has 0 amide bonds. The first-order chi connectivity index (χ1) is 8.08. The van der Waals surface area contributed by atoms with Crippen LogP contribution in [0.2, 0.25) is 0 Å². The van der Waals surface area contributed by atoms with Crippen LogP contribution >= 0.6 is 0 Å². The van der Waals surface area contributed by atoms with Crippen molar-refractivity contribution < 1.29 is 5.11 Å². The Labute approximate surface area is 101 Å². The molecule has 3 heteroatoms. The lowest BCUT2D eigenvalue weighted by atomic mass is 10.0. The van der Waals surface area contributed by atoms with Crippen LogP contribution in [0.5, 0.6) is 0 Å². The lowest BCUT2D eigenvalue weighted by Gasteiger charge is -2.13. The molecular formula is C14H16N2O. The number of aliphatic hydroxyl groups is 1. The number of aromatic nitrogens is 2. The molecule has 2 aromatic rings. The van der Waals surface area contributed by atoms with Crippen LogP contribution in [-0.2, 0) is 0 Å². The summed E-state index contributed by atoms with van der Waals surface area (Å²) in [6, 6.07) is 3.95. The zero-order valence-corrected chi connectivity index (χ0v) is 10.3. The van der Waals surface area contributed by atoms with Gasteiger partial charge in [0.2, 0.25) is 0 Å². The van der Waals surface area contributed by atoms with Gasteiger partial charge in [0.25, 0.3) is 0 Å². The lowest BCUT2D eigenvalue weighted by Crippen LogP contribution is -2.05. The highest BCUT2D eigenvalue weighted by Gasteiger charge is 2.14. The Kier molecular flexibility index (Phi) is 3.20. The van der Waals surface area contributed by atoms with E-state index in [0.29, 0.717) is 5.69 Å². The van der Waals surface area contributed by atoms with E-state index in [1.807, 2.05) is 32.9 Å². The summed E-state index contributed by atoms with van der Waals surface area (Å²) in [5.74, 6) is 0. The van der Waals surface area contributed by atoms with Crippen molar-refractivity contribution in [2.45, 2.75) is 26.9 Å². The summed E-state index contributed by atoms with van der Waals surface area (Å²) in [5, 5.41) is 10.3. The van der Waals surface area contributed by atoms with Gasteiger partial charge in [-0.15, -0.1) is 0 Å². The maximum atomic E-state index is 10.3. The third-order valence-electron chi connectivity index (χ3n) is 2.73. The van der Waals surface area contributed by atoms with Crippen LogP contribution in [0.3, 0.4) is 0 Å². The van der Waals surface area contributed by atoms with Gasteiger partial charge in [0.15, 0.2) is 0 Å². The number of aryl methyl sites for hydroxylation is 3. The van der Waals surface area contributed by atoms with Gasteiger partial charge in [0.1, 0.15) is 6.10 Å². The van der Waals surface area contributed by atoms with E-state index in [2.05, 4.69) is 9.97 Å². The topological polar surface area (TPSA) is 46.0 Å². The van der Waals surface area contributed by atoms with E-state index >= 15 is 0 Å². The second-order valence-corrected chi connectivity index (χ2v) is 4.41. The summed E-state index contributed by atoms with van der Waals surface area (Å²) in [6.07, 6.45) is 4.52. The zero-order valence-electron chi connectivity index (χ0n) is 10.3. The largest absolute Gasteiger partial charge is 0.382 e. The Bertz CT molecular complexity index is 537. The van der Waals surface area contributed by atoms with E-state index in [1.54, 1.807) is 18.6 Å². The van der Waals surface area contributed by atoms with Gasteiger partial charge in [0, 0.05) is 24.2 Å². The van der Waals surface area contributed by atoms with Crippen LogP contribution in [0.25, 0.3) is 0 Å². The normalized spacial score (nSPS) is 12.5. The zero-order chi connectivity index (χ0) is 12.4. The fourth-order valence-electron chi connectivity index (χ4n) is 1.90. The molecule has 3 nitrogen and oxygen atoms in total. The predicted molar refractivity (Wildman–Crippen MR) is 66.7 cm³/mol. The molecule has 2 aromatic heterocycles. The van der Waals surface area contributed by atoms with Crippen molar-refractivity contribution in [2.24, 2.45) is 0 Å². The van der Waals surface area contributed by atoms with Crippen molar-refractivity contribution >= 4 is 0 Å². The minimum atomic E-state index is -0.706. The van der Waals surface area contributed by atoms with Crippen LogP contribution in [0.1, 0.15) is 34.1 Å². The van der Waals surface area contributed by atoms with Gasteiger partial charge >= 0.3 is 0 Å². The molecule has 0 bridgehead atoms. The van der Waals surface area contributed by atoms with Crippen molar-refractivity contribution in [1.82, 2.24) is 9.97 Å². The fourth-order valence-corrected chi connectivity index (χ4v) is 1.90. The second-order valence-electron chi connectivity index (χ2n) is 4.41. The Hall–Kier alpha value is -1.74. The van der Waals surface area contributed by atoms with Crippen molar-refractivity contribution in [2.75, 3.05) is 0 Å². The first-order valence-corrected chi connectivity index (χ1v) is 5.60. The van der Waals surface area contributed by atoms with Crippen LogP contribution in [-0.4, -0.2) is 15.1 Å². The van der Waals surface area contributed by atoms with E-state index < -0.39 is 6.10 Å². The van der Waals surface area contributed by atoms with Crippen molar-refractivity contribution in [3.05, 3.63) is 58.7 Å². The van der Waals surface area contributed by atoms with Gasteiger partial charge in [-0.3, -0.25) is 9.97 Å². The average Bonchev–Trinajstić information content (AvgIpc) is 2.28. The Balaban J connectivity index is 2.40. The molecule has 1 atom stereocenters. The summed E-state index contributed by atoms with van der Waals surface area (Å²) in [5.41, 5.74) is 4.61. The van der Waals surface area contributed by atoms with Gasteiger partial charge in [-0.05, 0) is 37.5 Å². The summed E-state index contributed by atoms with van der Waals surface area (Å²) >= 11 is 0. The van der Waals surface area contributed by atoms with E-state index in [9.17, 15) is 5.11 Å². The Morgan fingerprint density at radius 2 is 1.71 bits per heavy atom. The SMILES string of the molecule is Cc1cncc(C(O)c2ncc(C)cc2C)c1. The number of hydrogen-bond acceptors (Lipinski definition) is 3. The third kappa shape index (κ3) is 2.50. The van der Waals surface area contributed by atoms with Crippen LogP contribution < -0.4 is 0 Å². The maximum Gasteiger partial charge on any atom is 0.123 e. The van der Waals surface area contributed by atoms with E-state index in [4.69, 9.17) is 0 Å². The summed E-state index contributed by atoms with van der Waals surface area (Å²) in [6.45, 7) is 5.91. The molecule has 0 spiro atoms. The molecule has 0 aromatic carbocycles. The standard InChI is InChI=1S/C14H16N2O/c1-9-4-11(3)13(16-7-9)14(17)12-5-10(2)6-15-8-12/h4-8,14,17H,1-3H3. The number of hydrogen-bond donors (Lipinski definition) is 1.